The zero-order valence-electron chi connectivity index (χ0n) is 10.4. The minimum absolute atomic E-state index is 0.272. The van der Waals surface area contributed by atoms with Crippen LogP contribution in [0.3, 0.4) is 0 Å². The molecule has 0 saturated heterocycles. The normalized spacial score (nSPS) is 11.9. The summed E-state index contributed by atoms with van der Waals surface area (Å²) in [7, 11) is 1.90. The van der Waals surface area contributed by atoms with Crippen molar-refractivity contribution in [3.05, 3.63) is 21.9 Å². The summed E-state index contributed by atoms with van der Waals surface area (Å²) in [5.41, 5.74) is 2.30. The third-order valence-electron chi connectivity index (χ3n) is 2.18. The second-order valence-electron chi connectivity index (χ2n) is 4.73. The molecule has 5 nitrogen and oxygen atoms in total. The van der Waals surface area contributed by atoms with Crippen LogP contribution in [0.2, 0.25) is 0 Å². The van der Waals surface area contributed by atoms with Crippen molar-refractivity contribution in [3.8, 4) is 0 Å². The van der Waals surface area contributed by atoms with Gasteiger partial charge in [-0.15, -0.1) is 11.3 Å². The van der Waals surface area contributed by atoms with E-state index < -0.39 is 5.60 Å². The van der Waals surface area contributed by atoms with E-state index in [1.165, 1.54) is 11.3 Å². The first kappa shape index (κ1) is 14.1. The molecule has 1 aromatic rings. The van der Waals surface area contributed by atoms with Crippen molar-refractivity contribution in [2.75, 3.05) is 13.6 Å². The van der Waals surface area contributed by atoms with Crippen LogP contribution < -0.4 is 11.3 Å². The number of nitrogens with two attached hydrogens (primary N) is 1. The fraction of sp³-hybridized carbons (Fsp3) is 0.545. The summed E-state index contributed by atoms with van der Waals surface area (Å²) in [6.45, 7) is 4.65. The van der Waals surface area contributed by atoms with Crippen molar-refractivity contribution in [2.45, 2.75) is 26.0 Å². The van der Waals surface area contributed by atoms with Crippen molar-refractivity contribution < 1.29 is 9.90 Å². The summed E-state index contributed by atoms with van der Waals surface area (Å²) in [6, 6.07) is 1.90. The Morgan fingerprint density at radius 2 is 2.29 bits per heavy atom. The van der Waals surface area contributed by atoms with Crippen molar-refractivity contribution in [1.82, 2.24) is 10.3 Å². The number of nitrogens with zero attached hydrogens (tertiary/aromatic N) is 1. The maximum absolute atomic E-state index is 11.5. The van der Waals surface area contributed by atoms with Crippen LogP contribution >= 0.6 is 11.3 Å². The molecule has 1 aromatic heterocycles. The fourth-order valence-corrected chi connectivity index (χ4v) is 2.55. The molecular formula is C11H19N3O2S. The summed E-state index contributed by atoms with van der Waals surface area (Å²) < 4.78 is 0. The highest BCUT2D eigenvalue weighted by atomic mass is 32.1. The lowest BCUT2D eigenvalue weighted by Crippen LogP contribution is -2.36. The van der Waals surface area contributed by atoms with Crippen LogP contribution in [0.15, 0.2) is 11.4 Å². The van der Waals surface area contributed by atoms with Gasteiger partial charge in [0.15, 0.2) is 0 Å². The molecule has 1 amide bonds. The number of amides is 1. The molecule has 0 saturated carbocycles. The molecule has 0 aromatic carbocycles. The molecule has 0 aliphatic carbocycles. The van der Waals surface area contributed by atoms with Gasteiger partial charge >= 0.3 is 0 Å². The lowest BCUT2D eigenvalue weighted by atomic mass is 10.1. The standard InChI is InChI=1S/C11H19N3O2S/c1-11(2,16)7-14(3)6-8-4-5-17-9(8)10(15)13-12/h4-5,16H,6-7,12H2,1-3H3,(H,13,15). The van der Waals surface area contributed by atoms with Crippen molar-refractivity contribution in [2.24, 2.45) is 5.84 Å². The lowest BCUT2D eigenvalue weighted by molar-refractivity contribution is 0.0425. The number of thiophene rings is 1. The van der Waals surface area contributed by atoms with E-state index in [0.29, 0.717) is 18.0 Å². The Bertz CT molecular complexity index is 384. The van der Waals surface area contributed by atoms with E-state index >= 15 is 0 Å². The molecule has 0 bridgehead atoms. The molecule has 4 N–H and O–H groups in total. The van der Waals surface area contributed by atoms with Gasteiger partial charge < -0.3 is 5.11 Å². The molecule has 96 valence electrons. The second kappa shape index (κ2) is 5.59. The average molecular weight is 257 g/mol. The van der Waals surface area contributed by atoms with E-state index in [1.54, 1.807) is 13.8 Å². The Hall–Kier alpha value is -0.950. The molecule has 1 heterocycles. The maximum atomic E-state index is 11.5. The lowest BCUT2D eigenvalue weighted by Gasteiger charge is -2.25. The van der Waals surface area contributed by atoms with Crippen LogP contribution in [0.25, 0.3) is 0 Å². The predicted molar refractivity (Wildman–Crippen MR) is 68.6 cm³/mol. The summed E-state index contributed by atoms with van der Waals surface area (Å²) in [4.78, 5) is 14.1. The number of rotatable bonds is 5. The van der Waals surface area contributed by atoms with Crippen LogP contribution in [-0.2, 0) is 6.54 Å². The highest BCUT2D eigenvalue weighted by Crippen LogP contribution is 2.18. The van der Waals surface area contributed by atoms with Crippen LogP contribution in [0, 0.1) is 0 Å². The van der Waals surface area contributed by atoms with Gasteiger partial charge in [0.2, 0.25) is 0 Å². The van der Waals surface area contributed by atoms with Gasteiger partial charge in [-0.3, -0.25) is 15.1 Å². The van der Waals surface area contributed by atoms with Gasteiger partial charge in [-0.2, -0.15) is 0 Å². The van der Waals surface area contributed by atoms with E-state index in [1.807, 2.05) is 23.4 Å². The number of nitrogen functional groups attached to an aromatic ring is 1. The minimum Gasteiger partial charge on any atom is -0.389 e. The van der Waals surface area contributed by atoms with Gasteiger partial charge in [0.25, 0.3) is 5.91 Å². The van der Waals surface area contributed by atoms with Crippen LogP contribution in [0.4, 0.5) is 0 Å². The van der Waals surface area contributed by atoms with Gasteiger partial charge in [0.1, 0.15) is 0 Å². The van der Waals surface area contributed by atoms with Gasteiger partial charge in [0, 0.05) is 13.1 Å². The minimum atomic E-state index is -0.749. The Kier molecular flexibility index (Phi) is 4.64. The van der Waals surface area contributed by atoms with E-state index in [4.69, 9.17) is 5.84 Å². The zero-order valence-corrected chi connectivity index (χ0v) is 11.2. The molecule has 0 aliphatic rings. The predicted octanol–water partition coefficient (Wildman–Crippen LogP) is 0.554. The Labute approximate surface area is 105 Å². The quantitative estimate of drug-likeness (QED) is 0.409. The molecule has 0 unspecified atom stereocenters. The molecular weight excluding hydrogens is 238 g/mol. The van der Waals surface area contributed by atoms with E-state index in [2.05, 4.69) is 5.43 Å². The molecule has 0 radical (unpaired) electrons. The topological polar surface area (TPSA) is 78.6 Å². The number of hydrazine groups is 1. The first-order chi connectivity index (χ1) is 7.83. The summed E-state index contributed by atoms with van der Waals surface area (Å²) in [5.74, 6) is 4.85. The van der Waals surface area contributed by atoms with Crippen molar-refractivity contribution in [3.63, 3.8) is 0 Å². The second-order valence-corrected chi connectivity index (χ2v) is 5.65. The number of carbonyl (C=O) groups excluding carboxylic acids is 1. The SMILES string of the molecule is CN(Cc1ccsc1C(=O)NN)CC(C)(C)O. The molecule has 6 heteroatoms. The molecule has 17 heavy (non-hydrogen) atoms. The molecule has 1 rings (SSSR count). The van der Waals surface area contributed by atoms with Crippen LogP contribution in [0.5, 0.6) is 0 Å². The molecule has 0 spiro atoms. The summed E-state index contributed by atoms with van der Waals surface area (Å²) >= 11 is 1.36. The van der Waals surface area contributed by atoms with Crippen LogP contribution in [-0.4, -0.2) is 35.1 Å². The number of hydrogen-bond donors (Lipinski definition) is 3. The van der Waals surface area contributed by atoms with Gasteiger partial charge in [-0.05, 0) is 37.9 Å². The van der Waals surface area contributed by atoms with E-state index in [0.717, 1.165) is 5.56 Å². The molecule has 0 fully saturated rings. The van der Waals surface area contributed by atoms with Crippen molar-refractivity contribution >= 4 is 17.2 Å². The largest absolute Gasteiger partial charge is 0.389 e. The number of carbonyl (C=O) groups is 1. The van der Waals surface area contributed by atoms with Gasteiger partial charge in [-0.25, -0.2) is 5.84 Å². The van der Waals surface area contributed by atoms with Gasteiger partial charge in [-0.1, -0.05) is 0 Å². The van der Waals surface area contributed by atoms with E-state index in [9.17, 15) is 9.90 Å². The Morgan fingerprint density at radius 1 is 1.65 bits per heavy atom. The smallest absolute Gasteiger partial charge is 0.275 e. The first-order valence-electron chi connectivity index (χ1n) is 5.32. The Balaban J connectivity index is 2.69. The van der Waals surface area contributed by atoms with Crippen molar-refractivity contribution in [1.29, 1.82) is 0 Å². The Morgan fingerprint density at radius 3 is 2.82 bits per heavy atom. The summed E-state index contributed by atoms with van der Waals surface area (Å²) in [6.07, 6.45) is 0. The maximum Gasteiger partial charge on any atom is 0.275 e. The third kappa shape index (κ3) is 4.43. The average Bonchev–Trinajstić information content (AvgIpc) is 2.61. The van der Waals surface area contributed by atoms with E-state index in [-0.39, 0.29) is 5.91 Å². The zero-order chi connectivity index (χ0) is 13.1. The molecule has 0 atom stereocenters. The first-order valence-corrected chi connectivity index (χ1v) is 6.19. The monoisotopic (exact) mass is 257 g/mol. The number of aliphatic hydroxyl groups is 1. The van der Waals surface area contributed by atoms with Crippen LogP contribution in [0.1, 0.15) is 29.1 Å². The highest BCUT2D eigenvalue weighted by Gasteiger charge is 2.18. The number of hydrogen-bond acceptors (Lipinski definition) is 5. The summed E-state index contributed by atoms with van der Waals surface area (Å²) in [5, 5.41) is 11.6. The fourth-order valence-electron chi connectivity index (χ4n) is 1.73. The number of likely N-dealkylation sites (N-methyl/N-ethyl adjacent to an activating group) is 1. The number of nitrogens with one attached hydrogen (secondary N) is 1. The van der Waals surface area contributed by atoms with Gasteiger partial charge in [0.05, 0.1) is 10.5 Å². The molecule has 0 aliphatic heterocycles. The third-order valence-corrected chi connectivity index (χ3v) is 3.14. The highest BCUT2D eigenvalue weighted by molar-refractivity contribution is 7.12.